The summed E-state index contributed by atoms with van der Waals surface area (Å²) in [7, 11) is 1.90. The van der Waals surface area contributed by atoms with Gasteiger partial charge in [-0.25, -0.2) is 4.39 Å². The van der Waals surface area contributed by atoms with Gasteiger partial charge in [-0.2, -0.15) is 0 Å². The van der Waals surface area contributed by atoms with Gasteiger partial charge >= 0.3 is 0 Å². The van der Waals surface area contributed by atoms with Crippen LogP contribution in [0.25, 0.3) is 0 Å². The van der Waals surface area contributed by atoms with Crippen LogP contribution in [0.1, 0.15) is 30.1 Å². The molecule has 0 spiro atoms. The number of pyridine rings is 1. The molecule has 0 aliphatic rings. The molecule has 2 atom stereocenters. The molecule has 1 aromatic heterocycles. The third-order valence-electron chi connectivity index (χ3n) is 3.27. The second-order valence-corrected chi connectivity index (χ2v) is 5.34. The average Bonchev–Trinajstić information content (AvgIpc) is 2.44. The second-order valence-electron chi connectivity index (χ2n) is 4.48. The summed E-state index contributed by atoms with van der Waals surface area (Å²) in [4.78, 5) is 4.39. The molecule has 1 N–H and O–H groups in total. The van der Waals surface area contributed by atoms with Crippen LogP contribution < -0.4 is 5.32 Å². The van der Waals surface area contributed by atoms with Crippen LogP contribution in [0.2, 0.25) is 0 Å². The van der Waals surface area contributed by atoms with E-state index in [-0.39, 0.29) is 17.8 Å². The topological polar surface area (TPSA) is 24.9 Å². The molecule has 2 nitrogen and oxygen atoms in total. The van der Waals surface area contributed by atoms with Crippen LogP contribution in [-0.2, 0) is 0 Å². The highest BCUT2D eigenvalue weighted by molar-refractivity contribution is 9.10. The van der Waals surface area contributed by atoms with E-state index in [1.807, 2.05) is 31.3 Å². The van der Waals surface area contributed by atoms with Crippen LogP contribution >= 0.6 is 15.9 Å². The van der Waals surface area contributed by atoms with E-state index in [1.54, 1.807) is 12.3 Å². The Balaban J connectivity index is 2.31. The normalized spacial score (nSPS) is 14.1. The lowest BCUT2D eigenvalue weighted by molar-refractivity contribution is 0.497. The van der Waals surface area contributed by atoms with Gasteiger partial charge in [0.1, 0.15) is 5.82 Å². The van der Waals surface area contributed by atoms with Gasteiger partial charge in [0.05, 0.1) is 4.47 Å². The largest absolute Gasteiger partial charge is 0.312 e. The molecule has 100 valence electrons. The van der Waals surface area contributed by atoms with E-state index in [1.165, 1.54) is 6.07 Å². The first-order valence-corrected chi connectivity index (χ1v) is 6.96. The highest BCUT2D eigenvalue weighted by atomic mass is 79.9. The lowest BCUT2D eigenvalue weighted by Crippen LogP contribution is -2.22. The fourth-order valence-electron chi connectivity index (χ4n) is 2.23. The molecule has 0 saturated heterocycles. The maximum atomic E-state index is 13.3. The molecule has 0 amide bonds. The van der Waals surface area contributed by atoms with Crippen molar-refractivity contribution in [3.8, 4) is 0 Å². The maximum absolute atomic E-state index is 13.3. The van der Waals surface area contributed by atoms with Crippen molar-refractivity contribution in [2.45, 2.75) is 18.9 Å². The first-order chi connectivity index (χ1) is 9.13. The van der Waals surface area contributed by atoms with Crippen molar-refractivity contribution in [3.63, 3.8) is 0 Å². The van der Waals surface area contributed by atoms with Crippen molar-refractivity contribution >= 4 is 15.9 Å². The molecule has 0 aliphatic heterocycles. The summed E-state index contributed by atoms with van der Waals surface area (Å²) in [6, 6.07) is 11.1. The minimum atomic E-state index is -0.246. The van der Waals surface area contributed by atoms with Gasteiger partial charge in [-0.15, -0.1) is 0 Å². The molecule has 2 rings (SSSR count). The quantitative estimate of drug-likeness (QED) is 0.918. The number of nitrogens with one attached hydrogen (secondary N) is 1. The first-order valence-electron chi connectivity index (χ1n) is 6.16. The van der Waals surface area contributed by atoms with Gasteiger partial charge in [0.15, 0.2) is 0 Å². The molecule has 2 aromatic rings. The summed E-state index contributed by atoms with van der Waals surface area (Å²) < 4.78 is 13.8. The van der Waals surface area contributed by atoms with E-state index in [0.29, 0.717) is 4.47 Å². The number of aromatic nitrogens is 1. The molecular formula is C15H16BrFN2. The molecule has 0 bridgehead atoms. The van der Waals surface area contributed by atoms with Crippen molar-refractivity contribution < 1.29 is 4.39 Å². The number of nitrogens with zero attached hydrogens (tertiary/aromatic N) is 1. The number of hydrogen-bond acceptors (Lipinski definition) is 2. The lowest BCUT2D eigenvalue weighted by Gasteiger charge is -2.24. The minimum absolute atomic E-state index is 0.0896. The van der Waals surface area contributed by atoms with E-state index in [4.69, 9.17) is 0 Å². The fourth-order valence-corrected chi connectivity index (χ4v) is 2.62. The van der Waals surface area contributed by atoms with E-state index in [0.717, 1.165) is 11.3 Å². The summed E-state index contributed by atoms with van der Waals surface area (Å²) in [5.74, 6) is -0.0485. The predicted octanol–water partition coefficient (Wildman–Crippen LogP) is 4.05. The Morgan fingerprint density at radius 1 is 1.26 bits per heavy atom. The zero-order valence-corrected chi connectivity index (χ0v) is 12.5. The summed E-state index contributed by atoms with van der Waals surface area (Å²) in [6.45, 7) is 2.11. The van der Waals surface area contributed by atoms with E-state index in [2.05, 4.69) is 33.2 Å². The van der Waals surface area contributed by atoms with Crippen LogP contribution in [0.5, 0.6) is 0 Å². The maximum Gasteiger partial charge on any atom is 0.137 e. The molecule has 0 saturated carbocycles. The Morgan fingerprint density at radius 3 is 2.63 bits per heavy atom. The number of benzene rings is 1. The first kappa shape index (κ1) is 14.2. The van der Waals surface area contributed by atoms with E-state index < -0.39 is 0 Å². The number of halogens is 2. The van der Waals surface area contributed by atoms with Crippen molar-refractivity contribution in [3.05, 3.63) is 64.1 Å². The minimum Gasteiger partial charge on any atom is -0.312 e. The number of hydrogen-bond donors (Lipinski definition) is 1. The van der Waals surface area contributed by atoms with Crippen LogP contribution in [-0.4, -0.2) is 12.0 Å². The SMILES string of the molecule is CNC(c1ccc(F)c(Br)c1)C(C)c1ccccn1. The molecule has 19 heavy (non-hydrogen) atoms. The Labute approximate surface area is 121 Å². The Kier molecular flexibility index (Phi) is 4.66. The third kappa shape index (κ3) is 3.19. The smallest absolute Gasteiger partial charge is 0.137 e. The summed E-state index contributed by atoms with van der Waals surface area (Å²) in [6.07, 6.45) is 1.79. The molecule has 1 heterocycles. The van der Waals surface area contributed by atoms with Gasteiger partial charge in [0.25, 0.3) is 0 Å². The number of likely N-dealkylation sites (N-methyl/N-ethyl adjacent to an activating group) is 1. The van der Waals surface area contributed by atoms with Crippen molar-refractivity contribution in [2.24, 2.45) is 0 Å². The van der Waals surface area contributed by atoms with Crippen LogP contribution in [0.3, 0.4) is 0 Å². The molecule has 4 heteroatoms. The average molecular weight is 323 g/mol. The van der Waals surface area contributed by atoms with Gasteiger partial charge in [0, 0.05) is 23.9 Å². The monoisotopic (exact) mass is 322 g/mol. The van der Waals surface area contributed by atoms with Crippen LogP contribution in [0, 0.1) is 5.82 Å². The zero-order chi connectivity index (χ0) is 13.8. The van der Waals surface area contributed by atoms with Crippen molar-refractivity contribution in [2.75, 3.05) is 7.05 Å². The van der Waals surface area contributed by atoms with Gasteiger partial charge in [0.2, 0.25) is 0 Å². The Hall–Kier alpha value is -1.26. The molecule has 0 fully saturated rings. The highest BCUT2D eigenvalue weighted by Crippen LogP contribution is 2.31. The van der Waals surface area contributed by atoms with Crippen LogP contribution in [0.4, 0.5) is 4.39 Å². The fraction of sp³-hybridized carbons (Fsp3) is 0.267. The molecule has 0 aliphatic carbocycles. The molecular weight excluding hydrogens is 307 g/mol. The van der Waals surface area contributed by atoms with Crippen LogP contribution in [0.15, 0.2) is 47.1 Å². The highest BCUT2D eigenvalue weighted by Gasteiger charge is 2.20. The van der Waals surface area contributed by atoms with Crippen molar-refractivity contribution in [1.82, 2.24) is 10.3 Å². The summed E-state index contributed by atoms with van der Waals surface area (Å²) in [5, 5.41) is 3.28. The third-order valence-corrected chi connectivity index (χ3v) is 3.88. The van der Waals surface area contributed by atoms with Gasteiger partial charge in [-0.3, -0.25) is 4.98 Å². The molecule has 1 aromatic carbocycles. The van der Waals surface area contributed by atoms with E-state index >= 15 is 0 Å². The Morgan fingerprint density at radius 2 is 2.05 bits per heavy atom. The predicted molar refractivity (Wildman–Crippen MR) is 78.6 cm³/mol. The van der Waals surface area contributed by atoms with Crippen molar-refractivity contribution in [1.29, 1.82) is 0 Å². The Bertz CT molecular complexity index is 545. The van der Waals surface area contributed by atoms with Gasteiger partial charge in [-0.05, 0) is 52.8 Å². The molecule has 2 unspecified atom stereocenters. The van der Waals surface area contributed by atoms with E-state index in [9.17, 15) is 4.39 Å². The van der Waals surface area contributed by atoms with Gasteiger partial charge in [-0.1, -0.05) is 19.1 Å². The lowest BCUT2D eigenvalue weighted by atomic mass is 9.91. The number of rotatable bonds is 4. The summed E-state index contributed by atoms with van der Waals surface area (Å²) >= 11 is 3.23. The zero-order valence-electron chi connectivity index (χ0n) is 10.9. The molecule has 0 radical (unpaired) electrons. The summed E-state index contributed by atoms with van der Waals surface area (Å²) in [5.41, 5.74) is 2.05. The standard InChI is InChI=1S/C15H16BrFN2/c1-10(14-5-3-4-8-19-14)15(18-2)11-6-7-13(17)12(16)9-11/h3-10,15,18H,1-2H3. The van der Waals surface area contributed by atoms with Gasteiger partial charge < -0.3 is 5.32 Å². The second kappa shape index (κ2) is 6.26.